The highest BCUT2D eigenvalue weighted by molar-refractivity contribution is 8.93. The Kier molecular flexibility index (Phi) is 6.44. The van der Waals surface area contributed by atoms with Crippen molar-refractivity contribution in [2.24, 2.45) is 5.73 Å². The van der Waals surface area contributed by atoms with E-state index in [0.29, 0.717) is 16.9 Å². The van der Waals surface area contributed by atoms with Crippen molar-refractivity contribution in [2.75, 3.05) is 12.3 Å². The van der Waals surface area contributed by atoms with Crippen molar-refractivity contribution in [2.45, 2.75) is 5.54 Å². The van der Waals surface area contributed by atoms with Gasteiger partial charge >= 0.3 is 6.03 Å². The molecule has 0 aliphatic carbocycles. The van der Waals surface area contributed by atoms with E-state index in [1.807, 2.05) is 60.7 Å². The summed E-state index contributed by atoms with van der Waals surface area (Å²) in [5.74, 6) is 0.0628. The quantitative estimate of drug-likeness (QED) is 0.382. The zero-order valence-corrected chi connectivity index (χ0v) is 16.4. The largest absolute Gasteiger partial charge is 0.379 e. The summed E-state index contributed by atoms with van der Waals surface area (Å²) in [6.07, 6.45) is 0. The van der Waals surface area contributed by atoms with Crippen LogP contribution in [0.15, 0.2) is 60.7 Å². The Balaban J connectivity index is 0.00000243. The molecule has 8 heteroatoms. The molecule has 0 bridgehead atoms. The van der Waals surface area contributed by atoms with E-state index >= 15 is 0 Å². The molecule has 1 saturated heterocycles. The van der Waals surface area contributed by atoms with Crippen LogP contribution in [0.5, 0.6) is 0 Å². The first-order valence-electron chi connectivity index (χ1n) is 7.77. The molecule has 0 unspecified atom stereocenters. The summed E-state index contributed by atoms with van der Waals surface area (Å²) in [5.41, 5.74) is 5.51. The van der Waals surface area contributed by atoms with Crippen LogP contribution in [0.4, 0.5) is 4.79 Å². The van der Waals surface area contributed by atoms with Crippen LogP contribution >= 0.6 is 28.7 Å². The smallest absolute Gasteiger partial charge is 0.325 e. The van der Waals surface area contributed by atoms with E-state index in [4.69, 9.17) is 11.1 Å². The minimum Gasteiger partial charge on any atom is -0.379 e. The number of rotatable bonds is 5. The zero-order chi connectivity index (χ0) is 17.9. The Bertz CT molecular complexity index is 762. The highest BCUT2D eigenvalue weighted by atomic mass is 79.9. The highest BCUT2D eigenvalue weighted by Crippen LogP contribution is 2.35. The van der Waals surface area contributed by atoms with Crippen LogP contribution in [-0.4, -0.2) is 34.3 Å². The van der Waals surface area contributed by atoms with E-state index in [0.717, 1.165) is 11.8 Å². The van der Waals surface area contributed by atoms with Crippen LogP contribution in [0.25, 0.3) is 0 Å². The molecule has 1 aliphatic heterocycles. The Morgan fingerprint density at radius 1 is 1.04 bits per heavy atom. The molecule has 1 aliphatic rings. The number of nitrogens with two attached hydrogens (primary N) is 1. The Morgan fingerprint density at radius 2 is 1.54 bits per heavy atom. The number of urea groups is 1. The van der Waals surface area contributed by atoms with Gasteiger partial charge in [0.1, 0.15) is 0 Å². The van der Waals surface area contributed by atoms with Gasteiger partial charge in [-0.3, -0.25) is 15.1 Å². The van der Waals surface area contributed by atoms with E-state index in [1.165, 1.54) is 4.90 Å². The van der Waals surface area contributed by atoms with Gasteiger partial charge in [-0.15, -0.1) is 17.0 Å². The summed E-state index contributed by atoms with van der Waals surface area (Å²) in [6.45, 7) is 0.191. The van der Waals surface area contributed by atoms with E-state index < -0.39 is 11.6 Å². The number of carbonyl (C=O) groups is 2. The number of halogens is 1. The molecular weight excluding hydrogens is 416 g/mol. The van der Waals surface area contributed by atoms with Gasteiger partial charge in [0.15, 0.2) is 10.7 Å². The number of benzene rings is 2. The third kappa shape index (κ3) is 3.61. The molecule has 1 heterocycles. The summed E-state index contributed by atoms with van der Waals surface area (Å²) in [7, 11) is 0. The van der Waals surface area contributed by atoms with Gasteiger partial charge in [0.05, 0.1) is 0 Å². The second-order valence-electron chi connectivity index (χ2n) is 5.58. The fourth-order valence-electron chi connectivity index (χ4n) is 2.96. The van der Waals surface area contributed by atoms with Gasteiger partial charge < -0.3 is 11.1 Å². The number of amidine groups is 1. The van der Waals surface area contributed by atoms with Crippen molar-refractivity contribution >= 4 is 45.8 Å². The van der Waals surface area contributed by atoms with Crippen LogP contribution in [0.1, 0.15) is 11.1 Å². The minimum atomic E-state index is -1.24. The molecule has 1 fully saturated rings. The van der Waals surface area contributed by atoms with Crippen molar-refractivity contribution < 1.29 is 9.59 Å². The molecule has 26 heavy (non-hydrogen) atoms. The number of hydrogen-bond donors (Lipinski definition) is 3. The fraction of sp³-hybridized carbons (Fsp3) is 0.167. The van der Waals surface area contributed by atoms with Crippen molar-refractivity contribution in [1.29, 1.82) is 5.41 Å². The van der Waals surface area contributed by atoms with Crippen molar-refractivity contribution in [1.82, 2.24) is 10.2 Å². The third-order valence-electron chi connectivity index (χ3n) is 4.09. The van der Waals surface area contributed by atoms with Gasteiger partial charge in [0, 0.05) is 12.3 Å². The number of hydrogen-bond acceptors (Lipinski definition) is 4. The van der Waals surface area contributed by atoms with Gasteiger partial charge in [0.2, 0.25) is 0 Å². The monoisotopic (exact) mass is 434 g/mol. The predicted octanol–water partition coefficient (Wildman–Crippen LogP) is 2.69. The lowest BCUT2D eigenvalue weighted by atomic mass is 9.82. The maximum Gasteiger partial charge on any atom is 0.325 e. The molecule has 136 valence electrons. The molecule has 3 amide bonds. The minimum absolute atomic E-state index is 0. The first kappa shape index (κ1) is 20.0. The maximum absolute atomic E-state index is 13.3. The molecule has 0 saturated carbocycles. The molecule has 3 rings (SSSR count). The van der Waals surface area contributed by atoms with E-state index in [2.05, 4.69) is 5.32 Å². The number of amides is 3. The highest BCUT2D eigenvalue weighted by Gasteiger charge is 2.53. The summed E-state index contributed by atoms with van der Waals surface area (Å²) < 4.78 is 0. The van der Waals surface area contributed by atoms with Crippen LogP contribution in [-0.2, 0) is 10.3 Å². The number of nitrogens with one attached hydrogen (secondary N) is 2. The lowest BCUT2D eigenvalue weighted by Crippen LogP contribution is -2.45. The standard InChI is InChI=1S/C18H18N4O2S.BrH/c19-16(20)25-12-11-22-15(23)18(21-17(22)24,13-7-3-1-4-8-13)14-9-5-2-6-10-14;/h1-10H,11-12H2,(H3,19,20)(H,21,24);1H. The number of carbonyl (C=O) groups excluding carboxylic acids is 2. The Labute approximate surface area is 166 Å². The number of imide groups is 1. The predicted molar refractivity (Wildman–Crippen MR) is 109 cm³/mol. The van der Waals surface area contributed by atoms with Gasteiger partial charge in [-0.2, -0.15) is 0 Å². The fourth-order valence-corrected chi connectivity index (χ4v) is 3.45. The Morgan fingerprint density at radius 3 is 2.00 bits per heavy atom. The zero-order valence-electron chi connectivity index (χ0n) is 13.8. The van der Waals surface area contributed by atoms with E-state index in [1.54, 1.807) is 0 Å². The summed E-state index contributed by atoms with van der Waals surface area (Å²) in [4.78, 5) is 27.0. The van der Waals surface area contributed by atoms with Crippen LogP contribution in [0.2, 0.25) is 0 Å². The van der Waals surface area contributed by atoms with Gasteiger partial charge in [-0.25, -0.2) is 4.79 Å². The molecule has 0 radical (unpaired) electrons. The number of nitrogens with zero attached hydrogens (tertiary/aromatic N) is 1. The lowest BCUT2D eigenvalue weighted by Gasteiger charge is -2.28. The molecule has 4 N–H and O–H groups in total. The second-order valence-corrected chi connectivity index (χ2v) is 6.72. The topological polar surface area (TPSA) is 99.3 Å². The molecule has 0 spiro atoms. The molecule has 2 aromatic carbocycles. The Hall–Kier alpha value is -2.32. The van der Waals surface area contributed by atoms with Crippen LogP contribution in [0, 0.1) is 5.41 Å². The third-order valence-corrected chi connectivity index (χ3v) is 4.79. The maximum atomic E-state index is 13.3. The van der Waals surface area contributed by atoms with Crippen LogP contribution in [0.3, 0.4) is 0 Å². The van der Waals surface area contributed by atoms with Crippen molar-refractivity contribution in [3.8, 4) is 0 Å². The summed E-state index contributed by atoms with van der Waals surface area (Å²) in [6, 6.07) is 18.0. The first-order valence-corrected chi connectivity index (χ1v) is 8.76. The van der Waals surface area contributed by atoms with E-state index in [-0.39, 0.29) is 34.6 Å². The molecule has 6 nitrogen and oxygen atoms in total. The molecular formula is C18H19BrN4O2S. The SMILES string of the molecule is Br.N=C(N)SCCN1C(=O)NC(c2ccccc2)(c2ccccc2)C1=O. The van der Waals surface area contributed by atoms with Gasteiger partial charge in [-0.1, -0.05) is 72.4 Å². The van der Waals surface area contributed by atoms with Crippen LogP contribution < -0.4 is 11.1 Å². The summed E-state index contributed by atoms with van der Waals surface area (Å²) in [5, 5.41) is 10.1. The second kappa shape index (κ2) is 8.37. The average Bonchev–Trinajstić information content (AvgIpc) is 2.88. The lowest BCUT2D eigenvalue weighted by molar-refractivity contribution is -0.130. The molecule has 2 aromatic rings. The van der Waals surface area contributed by atoms with Crippen molar-refractivity contribution in [3.63, 3.8) is 0 Å². The normalized spacial score (nSPS) is 15.3. The van der Waals surface area contributed by atoms with Crippen molar-refractivity contribution in [3.05, 3.63) is 71.8 Å². The van der Waals surface area contributed by atoms with E-state index in [9.17, 15) is 9.59 Å². The molecule has 0 aromatic heterocycles. The average molecular weight is 435 g/mol. The molecule has 0 atom stereocenters. The number of thioether (sulfide) groups is 1. The summed E-state index contributed by atoms with van der Waals surface area (Å²) >= 11 is 1.10. The van der Waals surface area contributed by atoms with Gasteiger partial charge in [0.25, 0.3) is 5.91 Å². The van der Waals surface area contributed by atoms with Gasteiger partial charge in [-0.05, 0) is 11.1 Å². The first-order chi connectivity index (χ1) is 12.1.